The van der Waals surface area contributed by atoms with Crippen molar-refractivity contribution < 1.29 is 0 Å². The van der Waals surface area contributed by atoms with E-state index in [0.717, 1.165) is 0 Å². The Balaban J connectivity index is 2.23. The lowest BCUT2D eigenvalue weighted by molar-refractivity contribution is 0.959. The molecule has 2 rings (SSSR count). The third kappa shape index (κ3) is 1.98. The molecule has 0 radical (unpaired) electrons. The quantitative estimate of drug-likeness (QED) is 0.632. The SMILES string of the molecule is C[Si](C)(C)CC1C=Cc2ccccc21. The Morgan fingerprint density at radius 2 is 1.86 bits per heavy atom. The molecule has 0 N–H and O–H groups in total. The predicted molar refractivity (Wildman–Crippen MR) is 66.4 cm³/mol. The first-order valence-electron chi connectivity index (χ1n) is 5.33. The highest BCUT2D eigenvalue weighted by Gasteiger charge is 2.23. The molecule has 1 aliphatic carbocycles. The molecule has 0 aliphatic heterocycles. The minimum absolute atomic E-state index is 0.692. The van der Waals surface area contributed by atoms with E-state index in [2.05, 4.69) is 56.1 Å². The van der Waals surface area contributed by atoms with Crippen LogP contribution in [-0.4, -0.2) is 8.07 Å². The van der Waals surface area contributed by atoms with Crippen LogP contribution in [-0.2, 0) is 0 Å². The van der Waals surface area contributed by atoms with Crippen molar-refractivity contribution in [2.45, 2.75) is 31.6 Å². The first-order chi connectivity index (χ1) is 6.56. The lowest BCUT2D eigenvalue weighted by atomic mass is 10.0. The van der Waals surface area contributed by atoms with Crippen molar-refractivity contribution in [1.29, 1.82) is 0 Å². The Morgan fingerprint density at radius 3 is 2.57 bits per heavy atom. The van der Waals surface area contributed by atoms with Crippen molar-refractivity contribution in [3.8, 4) is 0 Å². The maximum Gasteiger partial charge on any atom is 0.0451 e. The van der Waals surface area contributed by atoms with Crippen molar-refractivity contribution in [2.75, 3.05) is 0 Å². The lowest BCUT2D eigenvalue weighted by Gasteiger charge is -2.20. The fourth-order valence-electron chi connectivity index (χ4n) is 2.16. The van der Waals surface area contributed by atoms with Crippen LogP contribution in [0.2, 0.25) is 25.7 Å². The minimum Gasteiger partial charge on any atom is -0.0767 e. The zero-order valence-electron chi connectivity index (χ0n) is 9.25. The summed E-state index contributed by atoms with van der Waals surface area (Å²) in [6.45, 7) is 7.34. The van der Waals surface area contributed by atoms with Crippen molar-refractivity contribution >= 4 is 14.1 Å². The minimum atomic E-state index is -0.942. The molecule has 1 atom stereocenters. The van der Waals surface area contributed by atoms with E-state index in [9.17, 15) is 0 Å². The van der Waals surface area contributed by atoms with Gasteiger partial charge in [0.05, 0.1) is 0 Å². The summed E-state index contributed by atoms with van der Waals surface area (Å²) in [5.41, 5.74) is 2.96. The summed E-state index contributed by atoms with van der Waals surface area (Å²) in [6, 6.07) is 10.2. The average molecular weight is 202 g/mol. The fourth-order valence-corrected chi connectivity index (χ4v) is 3.84. The topological polar surface area (TPSA) is 0 Å². The van der Waals surface area contributed by atoms with Crippen LogP contribution in [0.15, 0.2) is 30.3 Å². The highest BCUT2D eigenvalue weighted by atomic mass is 28.3. The van der Waals surface area contributed by atoms with Crippen LogP contribution in [0.4, 0.5) is 0 Å². The third-order valence-electron chi connectivity index (χ3n) is 2.74. The van der Waals surface area contributed by atoms with Crippen molar-refractivity contribution in [1.82, 2.24) is 0 Å². The molecule has 0 fully saturated rings. The summed E-state index contributed by atoms with van der Waals surface area (Å²) >= 11 is 0. The van der Waals surface area contributed by atoms with Gasteiger partial charge in [0.15, 0.2) is 0 Å². The zero-order valence-corrected chi connectivity index (χ0v) is 10.2. The van der Waals surface area contributed by atoms with Crippen LogP contribution >= 0.6 is 0 Å². The molecule has 0 heterocycles. The van der Waals surface area contributed by atoms with E-state index in [1.807, 2.05) is 0 Å². The van der Waals surface area contributed by atoms with Gasteiger partial charge < -0.3 is 0 Å². The molecule has 1 aromatic carbocycles. The van der Waals surface area contributed by atoms with Crippen LogP contribution in [0.5, 0.6) is 0 Å². The second-order valence-corrected chi connectivity index (χ2v) is 10.9. The summed E-state index contributed by atoms with van der Waals surface area (Å²) < 4.78 is 0. The van der Waals surface area contributed by atoms with E-state index in [0.29, 0.717) is 5.92 Å². The predicted octanol–water partition coefficient (Wildman–Crippen LogP) is 4.14. The number of hydrogen-bond donors (Lipinski definition) is 0. The molecule has 0 nitrogen and oxygen atoms in total. The molecule has 1 unspecified atom stereocenters. The Morgan fingerprint density at radius 1 is 1.14 bits per heavy atom. The first-order valence-corrected chi connectivity index (χ1v) is 9.04. The van der Waals surface area contributed by atoms with Crippen LogP contribution in [0.1, 0.15) is 17.0 Å². The number of fused-ring (bicyclic) bond motifs is 1. The molecular formula is C13H18Si. The second kappa shape index (κ2) is 3.39. The van der Waals surface area contributed by atoms with Gasteiger partial charge >= 0.3 is 0 Å². The van der Waals surface area contributed by atoms with Gasteiger partial charge in [0.25, 0.3) is 0 Å². The molecule has 0 amide bonds. The number of rotatable bonds is 2. The summed E-state index contributed by atoms with van der Waals surface area (Å²) in [6.07, 6.45) is 4.66. The van der Waals surface area contributed by atoms with Crippen LogP contribution < -0.4 is 0 Å². The van der Waals surface area contributed by atoms with Crippen LogP contribution in [0, 0.1) is 0 Å². The van der Waals surface area contributed by atoms with Gasteiger partial charge in [-0.3, -0.25) is 0 Å². The van der Waals surface area contributed by atoms with Crippen molar-refractivity contribution in [3.05, 3.63) is 41.5 Å². The molecule has 1 aromatic rings. The van der Waals surface area contributed by atoms with E-state index in [1.54, 1.807) is 0 Å². The maximum atomic E-state index is 2.45. The van der Waals surface area contributed by atoms with Crippen molar-refractivity contribution in [3.63, 3.8) is 0 Å². The Hall–Kier alpha value is -0.823. The molecule has 0 saturated carbocycles. The van der Waals surface area contributed by atoms with E-state index in [4.69, 9.17) is 0 Å². The summed E-state index contributed by atoms with van der Waals surface area (Å²) in [7, 11) is -0.942. The smallest absolute Gasteiger partial charge is 0.0451 e. The average Bonchev–Trinajstić information content (AvgIpc) is 2.47. The molecule has 74 valence electrons. The normalized spacial score (nSPS) is 19.8. The number of benzene rings is 1. The molecule has 0 spiro atoms. The van der Waals surface area contributed by atoms with E-state index in [1.165, 1.54) is 17.2 Å². The van der Waals surface area contributed by atoms with Gasteiger partial charge in [0.1, 0.15) is 0 Å². The number of hydrogen-bond acceptors (Lipinski definition) is 0. The Labute approximate surface area is 87.7 Å². The van der Waals surface area contributed by atoms with E-state index >= 15 is 0 Å². The third-order valence-corrected chi connectivity index (χ3v) is 4.40. The monoisotopic (exact) mass is 202 g/mol. The fraction of sp³-hybridized carbons (Fsp3) is 0.385. The molecule has 0 saturated heterocycles. The van der Waals surface area contributed by atoms with E-state index in [-0.39, 0.29) is 0 Å². The van der Waals surface area contributed by atoms with Gasteiger partial charge in [0, 0.05) is 14.0 Å². The molecular weight excluding hydrogens is 184 g/mol. The van der Waals surface area contributed by atoms with Gasteiger partial charge in [-0.2, -0.15) is 0 Å². The molecule has 0 aromatic heterocycles. The first kappa shape index (κ1) is 9.72. The largest absolute Gasteiger partial charge is 0.0767 e. The standard InChI is InChI=1S/C13H18Si/c1-14(2,3)10-12-9-8-11-6-4-5-7-13(11)12/h4-9,12H,10H2,1-3H3. The van der Waals surface area contributed by atoms with Crippen LogP contribution in [0.3, 0.4) is 0 Å². The highest BCUT2D eigenvalue weighted by Crippen LogP contribution is 2.35. The number of allylic oxidation sites excluding steroid dienone is 1. The zero-order chi connectivity index (χ0) is 10.2. The van der Waals surface area contributed by atoms with Gasteiger partial charge in [-0.15, -0.1) is 0 Å². The van der Waals surface area contributed by atoms with Gasteiger partial charge in [-0.05, 0) is 17.2 Å². The molecule has 1 heteroatoms. The lowest BCUT2D eigenvalue weighted by Crippen LogP contribution is -2.21. The molecule has 0 bridgehead atoms. The van der Waals surface area contributed by atoms with Gasteiger partial charge in [0.2, 0.25) is 0 Å². The summed E-state index contributed by atoms with van der Waals surface area (Å²) in [4.78, 5) is 0. The summed E-state index contributed by atoms with van der Waals surface area (Å²) in [5.74, 6) is 0.692. The van der Waals surface area contributed by atoms with Gasteiger partial charge in [-0.25, -0.2) is 0 Å². The molecule has 14 heavy (non-hydrogen) atoms. The van der Waals surface area contributed by atoms with Crippen molar-refractivity contribution in [2.24, 2.45) is 0 Å². The van der Waals surface area contributed by atoms with Crippen LogP contribution in [0.25, 0.3) is 6.08 Å². The van der Waals surface area contributed by atoms with E-state index < -0.39 is 8.07 Å². The Bertz CT molecular complexity index is 358. The summed E-state index contributed by atoms with van der Waals surface area (Å²) in [5, 5.41) is 0. The Kier molecular flexibility index (Phi) is 2.36. The maximum absolute atomic E-state index is 2.45. The highest BCUT2D eigenvalue weighted by molar-refractivity contribution is 6.76. The second-order valence-electron chi connectivity index (χ2n) is 5.36. The van der Waals surface area contributed by atoms with Gasteiger partial charge in [-0.1, -0.05) is 56.1 Å². The molecule has 1 aliphatic rings.